The summed E-state index contributed by atoms with van der Waals surface area (Å²) in [7, 11) is 0. The van der Waals surface area contributed by atoms with E-state index in [1.807, 2.05) is 84.9 Å². The van der Waals surface area contributed by atoms with E-state index in [1.54, 1.807) is 6.08 Å². The van der Waals surface area contributed by atoms with Crippen LogP contribution in [0.5, 0.6) is 0 Å². The van der Waals surface area contributed by atoms with Crippen molar-refractivity contribution in [3.63, 3.8) is 0 Å². The third kappa shape index (κ3) is 4.10. The van der Waals surface area contributed by atoms with Crippen LogP contribution in [0.2, 0.25) is 0 Å². The molecule has 0 spiro atoms. The van der Waals surface area contributed by atoms with Gasteiger partial charge in [0.05, 0.1) is 34.0 Å². The molecule has 188 valence electrons. The molecular weight excluding hydrogens is 490 g/mol. The van der Waals surface area contributed by atoms with Crippen molar-refractivity contribution in [1.29, 1.82) is 10.8 Å². The number of nitrogens with zero attached hydrogens (tertiary/aromatic N) is 3. The van der Waals surface area contributed by atoms with Gasteiger partial charge in [0.15, 0.2) is 5.82 Å². The number of aromatic nitrogens is 3. The lowest BCUT2D eigenvalue weighted by Crippen LogP contribution is -2.17. The Kier molecular flexibility index (Phi) is 5.68. The molecule has 0 saturated carbocycles. The van der Waals surface area contributed by atoms with Crippen molar-refractivity contribution in [2.45, 2.75) is 0 Å². The summed E-state index contributed by atoms with van der Waals surface area (Å²) in [6.45, 7) is 0. The minimum Gasteiger partial charge on any atom is -0.299 e. The molecule has 2 aromatic heterocycles. The summed E-state index contributed by atoms with van der Waals surface area (Å²) in [6.07, 6.45) is 3.58. The Morgan fingerprint density at radius 1 is 0.500 bits per heavy atom. The Labute approximate surface area is 231 Å². The van der Waals surface area contributed by atoms with Gasteiger partial charge in [-0.1, -0.05) is 103 Å². The molecule has 0 fully saturated rings. The molecular formula is C35H23N5. The Bertz CT molecular complexity index is 1900. The van der Waals surface area contributed by atoms with E-state index in [9.17, 15) is 0 Å². The zero-order valence-corrected chi connectivity index (χ0v) is 21.5. The van der Waals surface area contributed by atoms with Gasteiger partial charge in [-0.05, 0) is 24.3 Å². The molecule has 2 N–H and O–H groups in total. The SMILES string of the molecule is N=C1C=Cc2c(-c3ccc(-c4cc(-c5ccccc5)nc(-c5ccccc5)n4)cc3)nc3ccccc3c2C1=N. The largest absolute Gasteiger partial charge is 0.299 e. The van der Waals surface area contributed by atoms with Crippen molar-refractivity contribution >= 4 is 28.4 Å². The molecule has 0 radical (unpaired) electrons. The highest BCUT2D eigenvalue weighted by atomic mass is 14.9. The van der Waals surface area contributed by atoms with Crippen LogP contribution in [0.15, 0.2) is 121 Å². The van der Waals surface area contributed by atoms with Gasteiger partial charge >= 0.3 is 0 Å². The molecule has 40 heavy (non-hydrogen) atoms. The molecule has 0 saturated heterocycles. The lowest BCUT2D eigenvalue weighted by atomic mass is 9.88. The molecule has 0 unspecified atom stereocenters. The van der Waals surface area contributed by atoms with Crippen molar-refractivity contribution < 1.29 is 0 Å². The van der Waals surface area contributed by atoms with Gasteiger partial charge in [0.2, 0.25) is 0 Å². The number of benzene rings is 4. The highest BCUT2D eigenvalue weighted by Gasteiger charge is 2.22. The Morgan fingerprint density at radius 3 is 1.77 bits per heavy atom. The summed E-state index contributed by atoms with van der Waals surface area (Å²) in [4.78, 5) is 14.8. The molecule has 2 heterocycles. The van der Waals surface area contributed by atoms with Gasteiger partial charge in [0.1, 0.15) is 0 Å². The molecule has 0 atom stereocenters. The molecule has 0 aliphatic heterocycles. The first-order valence-corrected chi connectivity index (χ1v) is 13.0. The quantitative estimate of drug-likeness (QED) is 0.250. The number of rotatable bonds is 4. The van der Waals surface area contributed by atoms with Gasteiger partial charge in [0.25, 0.3) is 0 Å². The molecule has 5 heteroatoms. The fourth-order valence-electron chi connectivity index (χ4n) is 5.13. The van der Waals surface area contributed by atoms with Gasteiger partial charge in [0, 0.05) is 38.8 Å². The zero-order valence-electron chi connectivity index (χ0n) is 21.5. The number of fused-ring (bicyclic) bond motifs is 3. The number of hydrogen-bond donors (Lipinski definition) is 2. The molecule has 5 nitrogen and oxygen atoms in total. The van der Waals surface area contributed by atoms with Crippen molar-refractivity contribution in [3.05, 3.63) is 132 Å². The third-order valence-corrected chi connectivity index (χ3v) is 7.15. The van der Waals surface area contributed by atoms with Crippen molar-refractivity contribution in [3.8, 4) is 45.2 Å². The van der Waals surface area contributed by atoms with E-state index in [2.05, 4.69) is 36.4 Å². The summed E-state index contributed by atoms with van der Waals surface area (Å²) in [6, 6.07) is 38.3. The summed E-state index contributed by atoms with van der Waals surface area (Å²) in [5, 5.41) is 17.7. The van der Waals surface area contributed by atoms with Crippen LogP contribution in [-0.2, 0) is 0 Å². The summed E-state index contributed by atoms with van der Waals surface area (Å²) in [5.74, 6) is 0.678. The first-order chi connectivity index (χ1) is 19.7. The number of nitrogens with one attached hydrogen (secondary N) is 2. The van der Waals surface area contributed by atoms with E-state index in [1.165, 1.54) is 0 Å². The predicted molar refractivity (Wildman–Crippen MR) is 163 cm³/mol. The molecule has 4 aromatic carbocycles. The maximum absolute atomic E-state index is 8.63. The minimum absolute atomic E-state index is 0.206. The second-order valence-corrected chi connectivity index (χ2v) is 9.66. The Balaban J connectivity index is 1.35. The highest BCUT2D eigenvalue weighted by Crippen LogP contribution is 2.35. The first kappa shape index (κ1) is 23.6. The average Bonchev–Trinajstić information content (AvgIpc) is 3.03. The number of hydrogen-bond acceptors (Lipinski definition) is 5. The highest BCUT2D eigenvalue weighted by molar-refractivity contribution is 6.54. The molecule has 0 bridgehead atoms. The van der Waals surface area contributed by atoms with Crippen LogP contribution in [0, 0.1) is 10.8 Å². The predicted octanol–water partition coefficient (Wildman–Crippen LogP) is 8.11. The zero-order chi connectivity index (χ0) is 27.1. The van der Waals surface area contributed by atoms with Crippen LogP contribution in [0.4, 0.5) is 0 Å². The topological polar surface area (TPSA) is 86.4 Å². The van der Waals surface area contributed by atoms with Gasteiger partial charge in [-0.2, -0.15) is 0 Å². The van der Waals surface area contributed by atoms with Gasteiger partial charge < -0.3 is 0 Å². The smallest absolute Gasteiger partial charge is 0.160 e. The van der Waals surface area contributed by atoms with Crippen molar-refractivity contribution in [2.75, 3.05) is 0 Å². The summed E-state index contributed by atoms with van der Waals surface area (Å²) < 4.78 is 0. The third-order valence-electron chi connectivity index (χ3n) is 7.15. The summed E-state index contributed by atoms with van der Waals surface area (Å²) >= 11 is 0. The van der Waals surface area contributed by atoms with E-state index in [0.29, 0.717) is 5.82 Å². The minimum atomic E-state index is 0.206. The lowest BCUT2D eigenvalue weighted by Gasteiger charge is -2.19. The van der Waals surface area contributed by atoms with Crippen LogP contribution in [-0.4, -0.2) is 26.4 Å². The van der Waals surface area contributed by atoms with E-state index >= 15 is 0 Å². The average molecular weight is 514 g/mol. The first-order valence-electron chi connectivity index (χ1n) is 13.0. The normalized spacial score (nSPS) is 12.5. The molecule has 7 rings (SSSR count). The maximum atomic E-state index is 8.63. The van der Waals surface area contributed by atoms with E-state index in [4.69, 9.17) is 25.8 Å². The standard InChI is InChI=1S/C35H23N5/c36-28-20-19-27-32(33(28)37)26-13-7-8-14-29(26)38-34(27)24-17-15-23(16-18-24)31-21-30(22-9-3-1-4-10-22)39-35(40-31)25-11-5-2-6-12-25/h1-21,36-37H. The van der Waals surface area contributed by atoms with Crippen LogP contribution in [0.3, 0.4) is 0 Å². The molecule has 1 aliphatic rings. The van der Waals surface area contributed by atoms with E-state index in [0.717, 1.165) is 61.4 Å². The molecule has 1 aliphatic carbocycles. The number of pyridine rings is 1. The maximum Gasteiger partial charge on any atom is 0.160 e. The van der Waals surface area contributed by atoms with E-state index in [-0.39, 0.29) is 11.4 Å². The molecule has 6 aromatic rings. The van der Waals surface area contributed by atoms with Crippen molar-refractivity contribution in [1.82, 2.24) is 15.0 Å². The number of para-hydroxylation sites is 1. The van der Waals surface area contributed by atoms with Crippen LogP contribution < -0.4 is 0 Å². The van der Waals surface area contributed by atoms with Crippen molar-refractivity contribution in [2.24, 2.45) is 0 Å². The van der Waals surface area contributed by atoms with Crippen LogP contribution >= 0.6 is 0 Å². The lowest BCUT2D eigenvalue weighted by molar-refractivity contribution is 1.18. The fraction of sp³-hybridized carbons (Fsp3) is 0. The Morgan fingerprint density at radius 2 is 1.07 bits per heavy atom. The van der Waals surface area contributed by atoms with Crippen LogP contribution in [0.25, 0.3) is 62.1 Å². The number of allylic oxidation sites excluding steroid dienone is 1. The van der Waals surface area contributed by atoms with E-state index < -0.39 is 0 Å². The molecule has 0 amide bonds. The Hall–Kier alpha value is -5.55. The summed E-state index contributed by atoms with van der Waals surface area (Å²) in [5.41, 5.74) is 9.27. The fourth-order valence-corrected chi connectivity index (χ4v) is 5.13. The van der Waals surface area contributed by atoms with Crippen LogP contribution in [0.1, 0.15) is 11.1 Å². The van der Waals surface area contributed by atoms with Gasteiger partial charge in [-0.15, -0.1) is 0 Å². The monoisotopic (exact) mass is 513 g/mol. The van der Waals surface area contributed by atoms with Gasteiger partial charge in [-0.3, -0.25) is 10.8 Å². The second-order valence-electron chi connectivity index (χ2n) is 9.66. The second kappa shape index (κ2) is 9.64. The van der Waals surface area contributed by atoms with Gasteiger partial charge in [-0.25, -0.2) is 15.0 Å².